The Kier molecular flexibility index (Phi) is 5.17. The molecule has 1 atom stereocenters. The van der Waals surface area contributed by atoms with Gasteiger partial charge in [0.2, 0.25) is 5.91 Å². The third-order valence-electron chi connectivity index (χ3n) is 3.90. The van der Waals surface area contributed by atoms with Crippen LogP contribution in [0, 0.1) is 11.3 Å². The second kappa shape index (κ2) is 6.21. The van der Waals surface area contributed by atoms with E-state index in [9.17, 15) is 9.59 Å². The summed E-state index contributed by atoms with van der Waals surface area (Å²) in [5.74, 6) is -0.588. The van der Waals surface area contributed by atoms with Crippen molar-refractivity contribution in [2.45, 2.75) is 52.9 Å². The Bertz CT molecular complexity index is 312. The number of rotatable bonds is 4. The normalized spacial score (nSPS) is 21.5. The largest absolute Gasteiger partial charge is 0.480 e. The quantitative estimate of drug-likeness (QED) is 0.785. The zero-order chi connectivity index (χ0) is 13.8. The van der Waals surface area contributed by atoms with Crippen LogP contribution in [0.25, 0.3) is 0 Å². The van der Waals surface area contributed by atoms with Crippen LogP contribution in [0.2, 0.25) is 0 Å². The van der Waals surface area contributed by atoms with E-state index in [1.165, 1.54) is 26.7 Å². The maximum absolute atomic E-state index is 12.2. The molecule has 1 aliphatic rings. The maximum atomic E-state index is 12.2. The van der Waals surface area contributed by atoms with Crippen molar-refractivity contribution in [2.24, 2.45) is 11.3 Å². The molecule has 0 spiro atoms. The van der Waals surface area contributed by atoms with Crippen molar-refractivity contribution in [3.05, 3.63) is 0 Å². The molecule has 1 unspecified atom stereocenters. The molecule has 0 aromatic rings. The van der Waals surface area contributed by atoms with Gasteiger partial charge in [0, 0.05) is 13.1 Å². The molecular weight excluding hydrogens is 230 g/mol. The Labute approximate surface area is 109 Å². The number of carbonyl (C=O) groups is 2. The molecule has 1 N–H and O–H groups in total. The first-order chi connectivity index (χ1) is 8.39. The van der Waals surface area contributed by atoms with Gasteiger partial charge >= 0.3 is 5.97 Å². The van der Waals surface area contributed by atoms with Crippen LogP contribution in [-0.4, -0.2) is 35.0 Å². The molecule has 0 aromatic carbocycles. The lowest BCUT2D eigenvalue weighted by Crippen LogP contribution is -2.45. The molecular formula is C14H25NO3. The minimum Gasteiger partial charge on any atom is -0.480 e. The Balaban J connectivity index is 2.63. The minimum atomic E-state index is -1.30. The van der Waals surface area contributed by atoms with Crippen LogP contribution in [0.4, 0.5) is 0 Å². The predicted molar refractivity (Wildman–Crippen MR) is 70.2 cm³/mol. The van der Waals surface area contributed by atoms with Crippen LogP contribution in [0.15, 0.2) is 0 Å². The molecule has 104 valence electrons. The van der Waals surface area contributed by atoms with E-state index < -0.39 is 11.4 Å². The third-order valence-corrected chi connectivity index (χ3v) is 3.90. The van der Waals surface area contributed by atoms with Crippen molar-refractivity contribution >= 4 is 11.9 Å². The van der Waals surface area contributed by atoms with E-state index in [0.29, 0.717) is 19.0 Å². The average molecular weight is 255 g/mol. The number of hydrogen-bond donors (Lipinski definition) is 1. The van der Waals surface area contributed by atoms with E-state index >= 15 is 0 Å². The van der Waals surface area contributed by atoms with Crippen LogP contribution in [0.5, 0.6) is 0 Å². The van der Waals surface area contributed by atoms with Gasteiger partial charge in [-0.25, -0.2) is 0 Å². The first-order valence-corrected chi connectivity index (χ1v) is 6.92. The second-order valence-electron chi connectivity index (χ2n) is 5.81. The number of nitrogens with zero attached hydrogens (tertiary/aromatic N) is 1. The highest BCUT2D eigenvalue weighted by Gasteiger charge is 2.39. The molecule has 0 aliphatic carbocycles. The Hall–Kier alpha value is -1.06. The number of likely N-dealkylation sites (tertiary alicyclic amines) is 1. The number of carboxylic acids is 1. The van der Waals surface area contributed by atoms with Gasteiger partial charge in [0.1, 0.15) is 5.41 Å². The van der Waals surface area contributed by atoms with Gasteiger partial charge in [-0.1, -0.05) is 19.8 Å². The van der Waals surface area contributed by atoms with Gasteiger partial charge in [-0.2, -0.15) is 0 Å². The summed E-state index contributed by atoms with van der Waals surface area (Å²) in [6.07, 6.45) is 5.55. The van der Waals surface area contributed by atoms with Gasteiger partial charge in [0.15, 0.2) is 0 Å². The lowest BCUT2D eigenvalue weighted by molar-refractivity contribution is -0.158. The van der Waals surface area contributed by atoms with E-state index in [1.807, 2.05) is 0 Å². The number of carbonyl (C=O) groups excluding carboxylic acids is 1. The molecule has 1 saturated heterocycles. The first kappa shape index (κ1) is 15.0. The second-order valence-corrected chi connectivity index (χ2v) is 5.81. The van der Waals surface area contributed by atoms with Crippen molar-refractivity contribution < 1.29 is 14.7 Å². The van der Waals surface area contributed by atoms with E-state index in [2.05, 4.69) is 6.92 Å². The fourth-order valence-corrected chi connectivity index (χ4v) is 2.55. The lowest BCUT2D eigenvalue weighted by atomic mass is 9.91. The van der Waals surface area contributed by atoms with Crippen molar-refractivity contribution in [3.63, 3.8) is 0 Å². The molecule has 0 radical (unpaired) electrons. The molecule has 1 amide bonds. The average Bonchev–Trinajstić information content (AvgIpc) is 2.54. The van der Waals surface area contributed by atoms with E-state index in [-0.39, 0.29) is 5.91 Å². The Morgan fingerprint density at radius 2 is 1.94 bits per heavy atom. The highest BCUT2D eigenvalue weighted by molar-refractivity contribution is 6.00. The summed E-state index contributed by atoms with van der Waals surface area (Å²) in [7, 11) is 0. The van der Waals surface area contributed by atoms with Crippen molar-refractivity contribution in [3.8, 4) is 0 Å². The van der Waals surface area contributed by atoms with E-state index in [0.717, 1.165) is 19.3 Å². The zero-order valence-corrected chi connectivity index (χ0v) is 11.7. The molecule has 0 bridgehead atoms. The Morgan fingerprint density at radius 3 is 2.50 bits per heavy atom. The summed E-state index contributed by atoms with van der Waals surface area (Å²) in [4.78, 5) is 25.1. The third kappa shape index (κ3) is 3.47. The van der Waals surface area contributed by atoms with Crippen LogP contribution >= 0.6 is 0 Å². The monoisotopic (exact) mass is 255 g/mol. The number of hydrogen-bond acceptors (Lipinski definition) is 2. The molecule has 18 heavy (non-hydrogen) atoms. The summed E-state index contributed by atoms with van der Waals surface area (Å²) < 4.78 is 0. The van der Waals surface area contributed by atoms with Crippen molar-refractivity contribution in [1.29, 1.82) is 0 Å². The molecule has 4 heteroatoms. The fraction of sp³-hybridized carbons (Fsp3) is 0.857. The van der Waals surface area contributed by atoms with Gasteiger partial charge in [0.25, 0.3) is 0 Å². The number of amides is 1. The molecule has 1 heterocycles. The van der Waals surface area contributed by atoms with Crippen LogP contribution in [0.3, 0.4) is 0 Å². The fourth-order valence-electron chi connectivity index (χ4n) is 2.55. The zero-order valence-electron chi connectivity index (χ0n) is 11.7. The molecule has 1 rings (SSSR count). The standard InChI is InChI=1S/C14H25NO3/c1-4-6-11-7-5-9-15(10-8-11)12(16)14(2,3)13(17)18/h11H,4-10H2,1-3H3,(H,17,18). The SMILES string of the molecule is CCCC1CCCN(C(=O)C(C)(C)C(=O)O)CC1. The minimum absolute atomic E-state index is 0.243. The van der Waals surface area contributed by atoms with Gasteiger partial charge in [-0.05, 0) is 39.0 Å². The highest BCUT2D eigenvalue weighted by atomic mass is 16.4. The summed E-state index contributed by atoms with van der Waals surface area (Å²) in [6, 6.07) is 0. The first-order valence-electron chi connectivity index (χ1n) is 6.92. The van der Waals surface area contributed by atoms with Gasteiger partial charge in [0.05, 0.1) is 0 Å². The van der Waals surface area contributed by atoms with Gasteiger partial charge in [-0.3, -0.25) is 9.59 Å². The summed E-state index contributed by atoms with van der Waals surface area (Å²) in [5, 5.41) is 9.10. The van der Waals surface area contributed by atoms with Gasteiger partial charge < -0.3 is 10.0 Å². The topological polar surface area (TPSA) is 57.6 Å². The highest BCUT2D eigenvalue weighted by Crippen LogP contribution is 2.25. The smallest absolute Gasteiger partial charge is 0.318 e. The van der Waals surface area contributed by atoms with Crippen LogP contribution in [-0.2, 0) is 9.59 Å². The van der Waals surface area contributed by atoms with E-state index in [4.69, 9.17) is 5.11 Å². The van der Waals surface area contributed by atoms with Gasteiger partial charge in [-0.15, -0.1) is 0 Å². The Morgan fingerprint density at radius 1 is 1.28 bits per heavy atom. The van der Waals surface area contributed by atoms with Crippen LogP contribution < -0.4 is 0 Å². The number of carboxylic acid groups (broad SMARTS) is 1. The molecule has 1 fully saturated rings. The molecule has 0 saturated carbocycles. The van der Waals surface area contributed by atoms with Crippen molar-refractivity contribution in [2.75, 3.05) is 13.1 Å². The van der Waals surface area contributed by atoms with Crippen molar-refractivity contribution in [1.82, 2.24) is 4.90 Å². The lowest BCUT2D eigenvalue weighted by Gasteiger charge is -2.28. The summed E-state index contributed by atoms with van der Waals surface area (Å²) in [6.45, 7) is 6.58. The summed E-state index contributed by atoms with van der Waals surface area (Å²) >= 11 is 0. The predicted octanol–water partition coefficient (Wildman–Crippen LogP) is 2.53. The van der Waals surface area contributed by atoms with E-state index in [1.54, 1.807) is 4.90 Å². The summed E-state index contributed by atoms with van der Waals surface area (Å²) in [5.41, 5.74) is -1.30. The maximum Gasteiger partial charge on any atom is 0.318 e. The number of aliphatic carboxylic acids is 1. The molecule has 4 nitrogen and oxygen atoms in total. The van der Waals surface area contributed by atoms with Crippen LogP contribution in [0.1, 0.15) is 52.9 Å². The molecule has 0 aromatic heterocycles. The molecule has 1 aliphatic heterocycles.